The molecule has 0 spiro atoms. The number of rotatable bonds is 7. The van der Waals surface area contributed by atoms with Gasteiger partial charge in [-0.1, -0.05) is 19.8 Å². The van der Waals surface area contributed by atoms with Crippen molar-refractivity contribution in [3.8, 4) is 0 Å². The fraction of sp³-hybridized carbons (Fsp3) is 0.867. The highest BCUT2D eigenvalue weighted by Crippen LogP contribution is 2.49. The van der Waals surface area contributed by atoms with Crippen LogP contribution in [-0.4, -0.2) is 23.5 Å². The van der Waals surface area contributed by atoms with E-state index < -0.39 is 5.97 Å². The second-order valence-electron chi connectivity index (χ2n) is 6.32. The number of amides is 1. The topological polar surface area (TPSA) is 66.4 Å². The van der Waals surface area contributed by atoms with Crippen molar-refractivity contribution in [3.05, 3.63) is 0 Å². The monoisotopic (exact) mass is 267 g/mol. The van der Waals surface area contributed by atoms with Gasteiger partial charge in [-0.2, -0.15) is 0 Å². The van der Waals surface area contributed by atoms with Crippen LogP contribution in [0.4, 0.5) is 0 Å². The molecule has 0 heterocycles. The minimum absolute atomic E-state index is 0.0569. The summed E-state index contributed by atoms with van der Waals surface area (Å²) in [7, 11) is 0. The Balaban J connectivity index is 1.68. The number of carboxylic acids is 1. The lowest BCUT2D eigenvalue weighted by Gasteiger charge is -2.21. The predicted molar refractivity (Wildman–Crippen MR) is 72.6 cm³/mol. The van der Waals surface area contributed by atoms with E-state index in [0.717, 1.165) is 18.3 Å². The van der Waals surface area contributed by atoms with Gasteiger partial charge in [0, 0.05) is 19.4 Å². The summed E-state index contributed by atoms with van der Waals surface area (Å²) in [6.45, 7) is 2.47. The maximum absolute atomic E-state index is 11.9. The average molecular weight is 267 g/mol. The molecule has 108 valence electrons. The fourth-order valence-corrected chi connectivity index (χ4v) is 3.80. The van der Waals surface area contributed by atoms with Crippen LogP contribution >= 0.6 is 0 Å². The Labute approximate surface area is 115 Å². The molecule has 0 aliphatic heterocycles. The number of aliphatic carboxylic acids is 1. The number of carboxylic acid groups (broad SMARTS) is 1. The molecule has 2 aliphatic carbocycles. The van der Waals surface area contributed by atoms with Gasteiger partial charge in [-0.3, -0.25) is 9.59 Å². The first-order chi connectivity index (χ1) is 9.08. The van der Waals surface area contributed by atoms with E-state index in [2.05, 4.69) is 5.32 Å². The number of fused-ring (bicyclic) bond motifs is 2. The highest BCUT2D eigenvalue weighted by molar-refractivity contribution is 5.76. The van der Waals surface area contributed by atoms with Crippen molar-refractivity contribution in [2.75, 3.05) is 6.54 Å². The molecule has 19 heavy (non-hydrogen) atoms. The van der Waals surface area contributed by atoms with Gasteiger partial charge in [0.05, 0.1) is 0 Å². The average Bonchev–Trinajstić information content (AvgIpc) is 2.96. The number of nitrogens with one attached hydrogen (secondary N) is 1. The smallest absolute Gasteiger partial charge is 0.303 e. The quantitative estimate of drug-likeness (QED) is 0.744. The first-order valence-corrected chi connectivity index (χ1v) is 7.57. The molecule has 4 atom stereocenters. The van der Waals surface area contributed by atoms with Crippen molar-refractivity contribution < 1.29 is 14.7 Å². The molecule has 0 aromatic carbocycles. The van der Waals surface area contributed by atoms with Crippen molar-refractivity contribution in [1.82, 2.24) is 5.32 Å². The van der Waals surface area contributed by atoms with Crippen LogP contribution in [0.15, 0.2) is 0 Å². The normalized spacial score (nSPS) is 30.3. The van der Waals surface area contributed by atoms with E-state index in [-0.39, 0.29) is 18.2 Å². The Hall–Kier alpha value is -1.06. The second kappa shape index (κ2) is 6.40. The maximum atomic E-state index is 11.9. The Morgan fingerprint density at radius 3 is 2.63 bits per heavy atom. The highest BCUT2D eigenvalue weighted by Gasteiger charge is 2.40. The fourth-order valence-electron chi connectivity index (χ4n) is 3.80. The molecular formula is C15H25NO3. The second-order valence-corrected chi connectivity index (χ2v) is 6.32. The van der Waals surface area contributed by atoms with E-state index >= 15 is 0 Å². The van der Waals surface area contributed by atoms with E-state index in [9.17, 15) is 9.59 Å². The number of carbonyl (C=O) groups is 2. The van der Waals surface area contributed by atoms with Gasteiger partial charge in [0.2, 0.25) is 5.91 Å². The van der Waals surface area contributed by atoms with E-state index in [1.807, 2.05) is 6.92 Å². The number of hydrogen-bond donors (Lipinski definition) is 2. The van der Waals surface area contributed by atoms with Gasteiger partial charge < -0.3 is 10.4 Å². The van der Waals surface area contributed by atoms with Crippen molar-refractivity contribution in [1.29, 1.82) is 0 Å². The Morgan fingerprint density at radius 1 is 1.32 bits per heavy atom. The van der Waals surface area contributed by atoms with E-state index in [1.54, 1.807) is 0 Å². The molecule has 4 nitrogen and oxygen atoms in total. The maximum Gasteiger partial charge on any atom is 0.303 e. The van der Waals surface area contributed by atoms with Crippen LogP contribution in [0.1, 0.15) is 51.9 Å². The van der Waals surface area contributed by atoms with E-state index in [4.69, 9.17) is 5.11 Å². The lowest BCUT2D eigenvalue weighted by atomic mass is 9.86. The summed E-state index contributed by atoms with van der Waals surface area (Å²) < 4.78 is 0. The Kier molecular flexibility index (Phi) is 4.83. The van der Waals surface area contributed by atoms with Gasteiger partial charge in [-0.25, -0.2) is 0 Å². The van der Waals surface area contributed by atoms with Crippen LogP contribution in [0.2, 0.25) is 0 Å². The zero-order chi connectivity index (χ0) is 13.8. The molecule has 2 aliphatic rings. The third kappa shape index (κ3) is 3.95. The lowest BCUT2D eigenvalue weighted by molar-refractivity contribution is -0.138. The van der Waals surface area contributed by atoms with Crippen molar-refractivity contribution in [3.63, 3.8) is 0 Å². The lowest BCUT2D eigenvalue weighted by Crippen LogP contribution is -2.32. The van der Waals surface area contributed by atoms with Crippen molar-refractivity contribution in [2.45, 2.75) is 51.9 Å². The summed E-state index contributed by atoms with van der Waals surface area (Å²) in [5, 5.41) is 11.7. The Bertz CT molecular complexity index is 342. The molecule has 1 amide bonds. The summed E-state index contributed by atoms with van der Waals surface area (Å²) in [6, 6.07) is 0. The molecule has 2 N–H and O–H groups in total. The largest absolute Gasteiger partial charge is 0.481 e. The third-order valence-corrected chi connectivity index (χ3v) is 4.96. The minimum Gasteiger partial charge on any atom is -0.481 e. The third-order valence-electron chi connectivity index (χ3n) is 4.96. The van der Waals surface area contributed by atoms with Crippen LogP contribution in [0.5, 0.6) is 0 Å². The zero-order valence-corrected chi connectivity index (χ0v) is 11.7. The summed E-state index contributed by atoms with van der Waals surface area (Å²) >= 11 is 0. The molecule has 2 bridgehead atoms. The predicted octanol–water partition coefficient (Wildman–Crippen LogP) is 2.43. The summed E-state index contributed by atoms with van der Waals surface area (Å²) in [6.07, 6.45) is 6.80. The molecule has 4 heteroatoms. The van der Waals surface area contributed by atoms with Crippen LogP contribution in [0, 0.1) is 23.7 Å². The summed E-state index contributed by atoms with van der Waals surface area (Å²) in [5.41, 5.74) is 0. The van der Waals surface area contributed by atoms with Gasteiger partial charge in [0.15, 0.2) is 0 Å². The highest BCUT2D eigenvalue weighted by atomic mass is 16.4. The molecule has 0 saturated heterocycles. The molecule has 2 saturated carbocycles. The van der Waals surface area contributed by atoms with Gasteiger partial charge in [-0.05, 0) is 42.9 Å². The zero-order valence-electron chi connectivity index (χ0n) is 11.7. The molecular weight excluding hydrogens is 242 g/mol. The first kappa shape index (κ1) is 14.4. The summed E-state index contributed by atoms with van der Waals surface area (Å²) in [5.74, 6) is 1.62. The van der Waals surface area contributed by atoms with Gasteiger partial charge >= 0.3 is 5.97 Å². The Morgan fingerprint density at radius 2 is 2.11 bits per heavy atom. The first-order valence-electron chi connectivity index (χ1n) is 7.57. The van der Waals surface area contributed by atoms with Crippen LogP contribution in [0.25, 0.3) is 0 Å². The molecule has 0 aromatic heterocycles. The van der Waals surface area contributed by atoms with Crippen LogP contribution < -0.4 is 5.32 Å². The molecule has 0 aromatic rings. The van der Waals surface area contributed by atoms with E-state index in [1.165, 1.54) is 25.7 Å². The molecule has 2 rings (SSSR count). The number of hydrogen-bond acceptors (Lipinski definition) is 2. The van der Waals surface area contributed by atoms with Crippen molar-refractivity contribution >= 4 is 11.9 Å². The minimum atomic E-state index is -0.783. The number of carbonyl (C=O) groups excluding carboxylic acids is 1. The molecule has 2 fully saturated rings. The van der Waals surface area contributed by atoms with Gasteiger partial charge in [0.1, 0.15) is 0 Å². The summed E-state index contributed by atoms with van der Waals surface area (Å²) in [4.78, 5) is 22.6. The SMILES string of the molecule is CCC(CNC(=O)CC1CC2CCC1C2)CC(=O)O. The molecule has 0 radical (unpaired) electrons. The van der Waals surface area contributed by atoms with Gasteiger partial charge in [-0.15, -0.1) is 0 Å². The standard InChI is InChI=1S/C15H25NO3/c1-2-10(7-15(18)19)9-16-14(17)8-13-6-11-3-4-12(13)5-11/h10-13H,2-9H2,1H3,(H,16,17)(H,18,19). The van der Waals surface area contributed by atoms with Gasteiger partial charge in [0.25, 0.3) is 0 Å². The molecule has 4 unspecified atom stereocenters. The van der Waals surface area contributed by atoms with Crippen LogP contribution in [-0.2, 0) is 9.59 Å². The van der Waals surface area contributed by atoms with Crippen LogP contribution in [0.3, 0.4) is 0 Å². The van der Waals surface area contributed by atoms with Crippen molar-refractivity contribution in [2.24, 2.45) is 23.7 Å². The van der Waals surface area contributed by atoms with E-state index in [0.29, 0.717) is 18.9 Å².